The van der Waals surface area contributed by atoms with E-state index in [9.17, 15) is 4.79 Å². The first kappa shape index (κ1) is 11.7. The molecule has 1 N–H and O–H groups in total. The highest BCUT2D eigenvalue weighted by Gasteiger charge is 2.24. The van der Waals surface area contributed by atoms with Crippen molar-refractivity contribution in [2.45, 2.75) is 26.2 Å². The fraction of sp³-hybridized carbons (Fsp3) is 0.538. The third kappa shape index (κ3) is 2.68. The van der Waals surface area contributed by atoms with E-state index in [0.717, 1.165) is 6.42 Å². The second-order valence-corrected chi connectivity index (χ2v) is 4.66. The summed E-state index contributed by atoms with van der Waals surface area (Å²) in [7, 11) is 0. The highest BCUT2D eigenvalue weighted by Crippen LogP contribution is 2.31. The summed E-state index contributed by atoms with van der Waals surface area (Å²) in [5.41, 5.74) is 0.735. The van der Waals surface area contributed by atoms with Crippen LogP contribution >= 0.6 is 0 Å². The monoisotopic (exact) mass is 232 g/mol. The minimum absolute atomic E-state index is 0.354. The summed E-state index contributed by atoms with van der Waals surface area (Å²) < 4.78 is 5.26. The molecule has 1 aliphatic carbocycles. The van der Waals surface area contributed by atoms with Crippen molar-refractivity contribution in [3.8, 4) is 6.07 Å². The van der Waals surface area contributed by atoms with Crippen LogP contribution < -0.4 is 0 Å². The molecule has 0 spiro atoms. The summed E-state index contributed by atoms with van der Waals surface area (Å²) in [4.78, 5) is 14.4. The smallest absolute Gasteiger partial charge is 0.354 e. The van der Waals surface area contributed by atoms with Crippen LogP contribution in [0.25, 0.3) is 0 Å². The van der Waals surface area contributed by atoms with E-state index in [1.807, 2.05) is 6.07 Å². The molecule has 4 heteroatoms. The van der Waals surface area contributed by atoms with Gasteiger partial charge in [-0.3, -0.25) is 0 Å². The van der Waals surface area contributed by atoms with Crippen molar-refractivity contribution in [1.82, 2.24) is 4.98 Å². The van der Waals surface area contributed by atoms with Crippen LogP contribution in [0, 0.1) is 23.2 Å². The molecule has 2 rings (SSSR count). The minimum Gasteiger partial charge on any atom is -0.461 e. The van der Waals surface area contributed by atoms with Gasteiger partial charge in [-0.25, -0.2) is 4.79 Å². The van der Waals surface area contributed by atoms with E-state index in [1.54, 1.807) is 12.1 Å². The Morgan fingerprint density at radius 3 is 3.00 bits per heavy atom. The molecule has 0 saturated heterocycles. The predicted molar refractivity (Wildman–Crippen MR) is 62.3 cm³/mol. The van der Waals surface area contributed by atoms with Gasteiger partial charge in [-0.2, -0.15) is 5.26 Å². The van der Waals surface area contributed by atoms with Gasteiger partial charge >= 0.3 is 5.97 Å². The van der Waals surface area contributed by atoms with Crippen LogP contribution in [0.15, 0.2) is 12.1 Å². The van der Waals surface area contributed by atoms with Crippen molar-refractivity contribution in [3.05, 3.63) is 23.5 Å². The number of carbonyl (C=O) groups is 1. The van der Waals surface area contributed by atoms with Crippen LogP contribution in [0.2, 0.25) is 0 Å². The molecule has 0 unspecified atom stereocenters. The highest BCUT2D eigenvalue weighted by molar-refractivity contribution is 5.87. The summed E-state index contributed by atoms with van der Waals surface area (Å²) in [5.74, 6) is 0.760. The van der Waals surface area contributed by atoms with Crippen LogP contribution in [0.5, 0.6) is 0 Å². The molecule has 0 aromatic carbocycles. The zero-order chi connectivity index (χ0) is 12.3. The van der Waals surface area contributed by atoms with E-state index < -0.39 is 0 Å². The summed E-state index contributed by atoms with van der Waals surface area (Å²) in [6.07, 6.45) is 3.59. The summed E-state index contributed by atoms with van der Waals surface area (Å²) in [6, 6.07) is 5.10. The Bertz CT molecular complexity index is 445. The number of rotatable bonds is 3. The van der Waals surface area contributed by atoms with Crippen molar-refractivity contribution in [2.75, 3.05) is 6.61 Å². The first-order valence-corrected chi connectivity index (χ1v) is 5.97. The lowest BCUT2D eigenvalue weighted by Gasteiger charge is -2.14. The average molecular weight is 232 g/mol. The first-order valence-electron chi connectivity index (χ1n) is 5.97. The maximum Gasteiger partial charge on any atom is 0.354 e. The second-order valence-electron chi connectivity index (χ2n) is 4.66. The Balaban J connectivity index is 1.87. The lowest BCUT2D eigenvalue weighted by molar-refractivity contribution is 0.0410. The number of nitriles is 1. The molecule has 17 heavy (non-hydrogen) atoms. The fourth-order valence-corrected chi connectivity index (χ4v) is 2.31. The molecule has 2 atom stereocenters. The van der Waals surface area contributed by atoms with Crippen LogP contribution in [0.4, 0.5) is 0 Å². The maximum absolute atomic E-state index is 11.7. The maximum atomic E-state index is 11.7. The lowest BCUT2D eigenvalue weighted by Crippen LogP contribution is -2.16. The largest absolute Gasteiger partial charge is 0.461 e. The molecular weight excluding hydrogens is 216 g/mol. The van der Waals surface area contributed by atoms with Crippen molar-refractivity contribution in [3.63, 3.8) is 0 Å². The molecule has 1 heterocycles. The van der Waals surface area contributed by atoms with Crippen molar-refractivity contribution < 1.29 is 9.53 Å². The Kier molecular flexibility index (Phi) is 3.48. The van der Waals surface area contributed by atoms with Gasteiger partial charge in [0.25, 0.3) is 0 Å². The molecule has 0 bridgehead atoms. The minimum atomic E-state index is -0.370. The molecule has 0 radical (unpaired) electrons. The van der Waals surface area contributed by atoms with Crippen molar-refractivity contribution in [1.29, 1.82) is 5.26 Å². The van der Waals surface area contributed by atoms with Gasteiger partial charge in [-0.1, -0.05) is 19.8 Å². The van der Waals surface area contributed by atoms with Gasteiger partial charge in [0.15, 0.2) is 0 Å². The van der Waals surface area contributed by atoms with Crippen LogP contribution in [-0.4, -0.2) is 17.6 Å². The van der Waals surface area contributed by atoms with Crippen molar-refractivity contribution >= 4 is 5.97 Å². The zero-order valence-electron chi connectivity index (χ0n) is 9.90. The topological polar surface area (TPSA) is 65.9 Å². The molecule has 0 aliphatic heterocycles. The Hall–Kier alpha value is -1.76. The molecule has 1 fully saturated rings. The molecule has 1 aromatic rings. The fourth-order valence-electron chi connectivity index (χ4n) is 2.31. The molecule has 4 nitrogen and oxygen atoms in total. The molecule has 1 aromatic heterocycles. The Labute approximate surface area is 101 Å². The van der Waals surface area contributed by atoms with Crippen LogP contribution in [0.1, 0.15) is 42.4 Å². The number of nitrogens with one attached hydrogen (secondary N) is 1. The van der Waals surface area contributed by atoms with E-state index in [2.05, 4.69) is 11.9 Å². The van der Waals surface area contributed by atoms with E-state index in [0.29, 0.717) is 29.8 Å². The van der Waals surface area contributed by atoms with Crippen molar-refractivity contribution in [2.24, 2.45) is 11.8 Å². The summed E-state index contributed by atoms with van der Waals surface area (Å²) in [6.45, 7) is 2.69. The molecule has 1 aliphatic rings. The second kappa shape index (κ2) is 5.05. The number of H-pyrrole nitrogens is 1. The van der Waals surface area contributed by atoms with E-state index in [-0.39, 0.29) is 5.97 Å². The molecule has 1 saturated carbocycles. The number of hydrogen-bond donors (Lipinski definition) is 1. The Morgan fingerprint density at radius 2 is 2.41 bits per heavy atom. The molecule has 90 valence electrons. The van der Waals surface area contributed by atoms with E-state index in [1.165, 1.54) is 12.8 Å². The number of nitrogens with zero attached hydrogens (tertiary/aromatic N) is 1. The van der Waals surface area contributed by atoms with Gasteiger partial charge < -0.3 is 9.72 Å². The lowest BCUT2D eigenvalue weighted by atomic mass is 9.99. The highest BCUT2D eigenvalue weighted by atomic mass is 16.5. The standard InChI is InChI=1S/C13H16N2O2/c1-9-3-2-4-10(9)8-17-13(16)12-6-5-11(7-14)15-12/h5-6,9-10,15H,2-4,8H2,1H3/t9-,10+/m1/s1. The van der Waals surface area contributed by atoms with Gasteiger partial charge in [-0.05, 0) is 30.4 Å². The number of aromatic nitrogens is 1. The number of aromatic amines is 1. The van der Waals surface area contributed by atoms with Crippen LogP contribution in [0.3, 0.4) is 0 Å². The third-order valence-electron chi connectivity index (χ3n) is 3.49. The molecular formula is C13H16N2O2. The Morgan fingerprint density at radius 1 is 1.59 bits per heavy atom. The number of carbonyl (C=O) groups excluding carboxylic acids is 1. The normalized spacial score (nSPS) is 23.3. The summed E-state index contributed by atoms with van der Waals surface area (Å²) in [5, 5.41) is 8.64. The van der Waals surface area contributed by atoms with Gasteiger partial charge in [0.1, 0.15) is 17.5 Å². The zero-order valence-corrected chi connectivity index (χ0v) is 9.90. The number of hydrogen-bond acceptors (Lipinski definition) is 3. The third-order valence-corrected chi connectivity index (χ3v) is 3.49. The SMILES string of the molecule is C[C@@H]1CCC[C@H]1COC(=O)c1ccc(C#N)[nH]1. The average Bonchev–Trinajstić information content (AvgIpc) is 2.94. The van der Waals surface area contributed by atoms with Gasteiger partial charge in [0.05, 0.1) is 6.61 Å². The van der Waals surface area contributed by atoms with E-state index in [4.69, 9.17) is 10.00 Å². The first-order chi connectivity index (χ1) is 8.20. The van der Waals surface area contributed by atoms with E-state index >= 15 is 0 Å². The van der Waals surface area contributed by atoms with Gasteiger partial charge in [0, 0.05) is 0 Å². The quantitative estimate of drug-likeness (QED) is 0.814. The molecule has 0 amide bonds. The van der Waals surface area contributed by atoms with Crippen LogP contribution in [-0.2, 0) is 4.74 Å². The van der Waals surface area contributed by atoms with Gasteiger partial charge in [0.2, 0.25) is 0 Å². The number of ether oxygens (including phenoxy) is 1. The predicted octanol–water partition coefficient (Wildman–Crippen LogP) is 2.48. The number of esters is 1. The summed E-state index contributed by atoms with van der Waals surface area (Å²) >= 11 is 0. The van der Waals surface area contributed by atoms with Gasteiger partial charge in [-0.15, -0.1) is 0 Å².